The molecule has 9 heteroatoms. The zero-order valence-corrected chi connectivity index (χ0v) is 21.2. The van der Waals surface area contributed by atoms with Crippen molar-refractivity contribution in [3.05, 3.63) is 0 Å². The normalized spacial score (nSPS) is 43.6. The molecule has 2 saturated carbocycles. The van der Waals surface area contributed by atoms with Gasteiger partial charge in [-0.15, -0.1) is 0 Å². The van der Waals surface area contributed by atoms with Crippen LogP contribution in [0.3, 0.4) is 0 Å². The highest BCUT2D eigenvalue weighted by atomic mass is 28.4. The molecule has 0 bridgehead atoms. The minimum Gasteiger partial charge on any atom is -0.466 e. The Morgan fingerprint density at radius 3 is 2.47 bits per heavy atom. The molecule has 0 spiro atoms. The first-order valence-corrected chi connectivity index (χ1v) is 14.5. The molecule has 0 aromatic rings. The van der Waals surface area contributed by atoms with Gasteiger partial charge in [0.05, 0.1) is 18.6 Å². The van der Waals surface area contributed by atoms with Gasteiger partial charge in [-0.2, -0.15) is 0 Å². The highest BCUT2D eigenvalue weighted by molar-refractivity contribution is 6.74. The molecule has 8 nitrogen and oxygen atoms in total. The first-order valence-electron chi connectivity index (χ1n) is 11.6. The van der Waals surface area contributed by atoms with Crippen LogP contribution in [0.25, 0.3) is 0 Å². The molecule has 2 heterocycles. The minimum absolute atomic E-state index is 0.0265. The molecule has 4 fully saturated rings. The van der Waals surface area contributed by atoms with E-state index in [-0.39, 0.29) is 11.1 Å². The molecule has 2 aliphatic carbocycles. The topological polar surface area (TPSA) is 111 Å². The number of nitrogens with one attached hydrogen (secondary N) is 1. The Hall–Kier alpha value is -1.45. The zero-order valence-electron chi connectivity index (χ0n) is 20.2. The summed E-state index contributed by atoms with van der Waals surface area (Å²) in [7, 11) is -0.786. The monoisotopic (exact) mass is 467 g/mol. The number of aliphatic hydroxyl groups is 1. The van der Waals surface area contributed by atoms with Crippen LogP contribution in [0, 0.1) is 16.7 Å². The summed E-state index contributed by atoms with van der Waals surface area (Å²) in [5.74, 6) is -1.91. The number of hydrogen-bond donors (Lipinski definition) is 2. The second kappa shape index (κ2) is 7.02. The first-order chi connectivity index (χ1) is 14.6. The first kappa shape index (κ1) is 23.7. The SMILES string of the molecule is COC(=O)[C@H]1OC(=O)[C@]23CC[C@@H](O[Si](C)(C)C(C)(C)C)C[C@]12CC[C@H]1[C@@H]3NC(=O)[C@@]1(C)O. The third kappa shape index (κ3) is 2.89. The van der Waals surface area contributed by atoms with Crippen LogP contribution in [-0.2, 0) is 28.3 Å². The van der Waals surface area contributed by atoms with E-state index < -0.39 is 60.7 Å². The van der Waals surface area contributed by atoms with Crippen LogP contribution in [0.15, 0.2) is 0 Å². The lowest BCUT2D eigenvalue weighted by atomic mass is 9.45. The fourth-order valence-corrected chi connectivity index (χ4v) is 8.02. The van der Waals surface area contributed by atoms with Gasteiger partial charge in [0.25, 0.3) is 5.91 Å². The molecule has 4 rings (SSSR count). The number of carbonyl (C=O) groups is 3. The van der Waals surface area contributed by atoms with Crippen molar-refractivity contribution in [3.8, 4) is 0 Å². The van der Waals surface area contributed by atoms with Crippen molar-refractivity contribution in [2.75, 3.05) is 7.11 Å². The van der Waals surface area contributed by atoms with Crippen LogP contribution >= 0.6 is 0 Å². The lowest BCUT2D eigenvalue weighted by molar-refractivity contribution is -0.166. The van der Waals surface area contributed by atoms with E-state index in [9.17, 15) is 19.5 Å². The van der Waals surface area contributed by atoms with Crippen molar-refractivity contribution in [1.82, 2.24) is 5.32 Å². The van der Waals surface area contributed by atoms with E-state index in [2.05, 4.69) is 39.2 Å². The lowest BCUT2D eigenvalue weighted by Crippen LogP contribution is -2.66. The maximum atomic E-state index is 13.5. The molecule has 1 amide bonds. The summed E-state index contributed by atoms with van der Waals surface area (Å²) >= 11 is 0. The second-order valence-corrected chi connectivity index (χ2v) is 16.7. The quantitative estimate of drug-likeness (QED) is 0.484. The van der Waals surface area contributed by atoms with Gasteiger partial charge < -0.3 is 24.3 Å². The van der Waals surface area contributed by atoms with E-state index in [1.807, 2.05) is 0 Å². The summed E-state index contributed by atoms with van der Waals surface area (Å²) < 4.78 is 17.6. The standard InChI is InChI=1S/C23H37NO7Si/c1-20(2,3)32(6,7)31-13-8-11-23-15-14(21(4,28)18(26)24-15)9-10-22(23,12-13)16(17(25)29-5)30-19(23)27/h13-16,28H,8-12H2,1-7H3,(H,24,26)/t13-,14+,15+,16-,21+,22-,23-/m1/s1. The molecule has 0 aromatic carbocycles. The Labute approximate surface area is 190 Å². The molecule has 0 radical (unpaired) electrons. The zero-order chi connectivity index (χ0) is 23.9. The van der Waals surface area contributed by atoms with E-state index >= 15 is 0 Å². The van der Waals surface area contributed by atoms with E-state index in [0.29, 0.717) is 32.1 Å². The number of esters is 2. The minimum atomic E-state index is -2.09. The number of fused-ring (bicyclic) bond motifs is 1. The third-order valence-corrected chi connectivity index (χ3v) is 14.0. The highest BCUT2D eigenvalue weighted by Crippen LogP contribution is 2.68. The molecule has 2 saturated heterocycles. The van der Waals surface area contributed by atoms with Crippen LogP contribution in [-0.4, -0.2) is 62.2 Å². The molecule has 4 aliphatic rings. The van der Waals surface area contributed by atoms with Gasteiger partial charge in [-0.1, -0.05) is 20.8 Å². The number of hydrogen-bond acceptors (Lipinski definition) is 7. The molecule has 0 aromatic heterocycles. The van der Waals surface area contributed by atoms with Crippen LogP contribution in [0.2, 0.25) is 18.1 Å². The van der Waals surface area contributed by atoms with Gasteiger partial charge in [-0.3, -0.25) is 9.59 Å². The van der Waals surface area contributed by atoms with Crippen LogP contribution in [0.1, 0.15) is 59.8 Å². The van der Waals surface area contributed by atoms with Gasteiger partial charge in [0.2, 0.25) is 6.10 Å². The molecule has 7 atom stereocenters. The number of methoxy groups -OCH3 is 1. The summed E-state index contributed by atoms with van der Waals surface area (Å²) in [6.07, 6.45) is 1.42. The van der Waals surface area contributed by atoms with Crippen molar-refractivity contribution < 1.29 is 33.4 Å². The number of amides is 1. The fourth-order valence-electron chi connectivity index (χ4n) is 6.63. The van der Waals surface area contributed by atoms with Gasteiger partial charge >= 0.3 is 11.9 Å². The molecular weight excluding hydrogens is 430 g/mol. The summed E-state index contributed by atoms with van der Waals surface area (Å²) in [4.78, 5) is 39.0. The van der Waals surface area contributed by atoms with Crippen molar-refractivity contribution in [2.24, 2.45) is 16.7 Å². The van der Waals surface area contributed by atoms with Crippen molar-refractivity contribution in [3.63, 3.8) is 0 Å². The number of cyclic esters (lactones) is 1. The Morgan fingerprint density at radius 1 is 1.22 bits per heavy atom. The second-order valence-electron chi connectivity index (χ2n) is 11.9. The lowest BCUT2D eigenvalue weighted by Gasteiger charge is -2.57. The number of carbonyl (C=O) groups excluding carboxylic acids is 3. The Balaban J connectivity index is 1.77. The predicted octanol–water partition coefficient (Wildman–Crippen LogP) is 2.29. The summed E-state index contributed by atoms with van der Waals surface area (Å²) in [5, 5.41) is 13.8. The Kier molecular flexibility index (Phi) is 5.20. The van der Waals surface area contributed by atoms with E-state index in [4.69, 9.17) is 13.9 Å². The summed E-state index contributed by atoms with van der Waals surface area (Å²) in [5.41, 5.74) is -3.46. The number of rotatable bonds is 3. The molecule has 180 valence electrons. The smallest absolute Gasteiger partial charge is 0.347 e. The van der Waals surface area contributed by atoms with E-state index in [1.165, 1.54) is 14.0 Å². The van der Waals surface area contributed by atoms with Crippen LogP contribution in [0.5, 0.6) is 0 Å². The predicted molar refractivity (Wildman–Crippen MR) is 118 cm³/mol. The molecule has 2 aliphatic heterocycles. The maximum absolute atomic E-state index is 13.5. The molecule has 32 heavy (non-hydrogen) atoms. The molecule has 0 unspecified atom stereocenters. The van der Waals surface area contributed by atoms with E-state index in [0.717, 1.165) is 0 Å². The highest BCUT2D eigenvalue weighted by Gasteiger charge is 2.79. The average molecular weight is 468 g/mol. The van der Waals surface area contributed by atoms with Gasteiger partial charge in [0, 0.05) is 17.4 Å². The number of ether oxygens (including phenoxy) is 2. The Bertz CT molecular complexity index is 850. The summed E-state index contributed by atoms with van der Waals surface area (Å²) in [6.45, 7) is 12.5. The van der Waals surface area contributed by atoms with Crippen LogP contribution < -0.4 is 5.32 Å². The van der Waals surface area contributed by atoms with Gasteiger partial charge in [-0.25, -0.2) is 4.79 Å². The third-order valence-electron chi connectivity index (χ3n) is 9.42. The fraction of sp³-hybridized carbons (Fsp3) is 0.870. The Morgan fingerprint density at radius 2 is 1.88 bits per heavy atom. The molecule has 2 N–H and O–H groups in total. The maximum Gasteiger partial charge on any atom is 0.347 e. The van der Waals surface area contributed by atoms with Crippen LogP contribution in [0.4, 0.5) is 0 Å². The van der Waals surface area contributed by atoms with Crippen molar-refractivity contribution in [1.29, 1.82) is 0 Å². The molecular formula is C23H37NO7Si. The van der Waals surface area contributed by atoms with Gasteiger partial charge in [0.1, 0.15) is 5.60 Å². The van der Waals surface area contributed by atoms with Gasteiger partial charge in [0.15, 0.2) is 8.32 Å². The van der Waals surface area contributed by atoms with E-state index in [1.54, 1.807) is 0 Å². The van der Waals surface area contributed by atoms with Crippen molar-refractivity contribution >= 4 is 26.2 Å². The van der Waals surface area contributed by atoms with Crippen molar-refractivity contribution in [2.45, 2.75) is 102 Å². The summed E-state index contributed by atoms with van der Waals surface area (Å²) in [6, 6.07) is -0.574. The average Bonchev–Trinajstić information content (AvgIpc) is 3.08. The largest absolute Gasteiger partial charge is 0.466 e. The van der Waals surface area contributed by atoms with Gasteiger partial charge in [-0.05, 0) is 57.2 Å².